The first kappa shape index (κ1) is 21.4. The Labute approximate surface area is 168 Å². The molecule has 2 rings (SSSR count). The maximum absolute atomic E-state index is 12.5. The number of halogens is 1. The molecule has 0 fully saturated rings. The lowest BCUT2D eigenvalue weighted by Gasteiger charge is -2.11. The molecule has 0 aliphatic carbocycles. The molecule has 0 radical (unpaired) electrons. The van der Waals surface area contributed by atoms with Crippen molar-refractivity contribution in [2.24, 2.45) is 5.73 Å². The van der Waals surface area contributed by atoms with Crippen molar-refractivity contribution < 1.29 is 22.3 Å². The Morgan fingerprint density at radius 2 is 1.93 bits per heavy atom. The summed E-state index contributed by atoms with van der Waals surface area (Å²) in [6.07, 6.45) is 0.787. The molecule has 3 N–H and O–H groups in total. The van der Waals surface area contributed by atoms with Crippen LogP contribution in [0.15, 0.2) is 47.4 Å². The molecule has 0 saturated heterocycles. The minimum atomic E-state index is -4.03. The highest BCUT2D eigenvalue weighted by Gasteiger charge is 2.20. The Kier molecular flexibility index (Phi) is 7.82. The van der Waals surface area contributed by atoms with E-state index in [1.807, 2.05) is 13.0 Å². The SMILES string of the molecule is C[NH+]=C(N)SCCCOc1cc(C)cc(OS(=O)(=O)c2ccccc2Cl)c1. The largest absolute Gasteiger partial charge is 0.493 e. The maximum Gasteiger partial charge on any atom is 0.340 e. The quantitative estimate of drug-likeness (QED) is 0.288. The van der Waals surface area contributed by atoms with Crippen molar-refractivity contribution in [3.05, 3.63) is 53.1 Å². The Balaban J connectivity index is 2.03. The van der Waals surface area contributed by atoms with Crippen LogP contribution in [0.5, 0.6) is 11.5 Å². The number of aryl methyl sites for hydroxylation is 1. The highest BCUT2D eigenvalue weighted by atomic mass is 35.5. The van der Waals surface area contributed by atoms with E-state index < -0.39 is 10.1 Å². The van der Waals surface area contributed by atoms with Gasteiger partial charge in [-0.05, 0) is 54.9 Å². The van der Waals surface area contributed by atoms with Gasteiger partial charge in [0.15, 0.2) is 0 Å². The van der Waals surface area contributed by atoms with Crippen LogP contribution < -0.4 is 19.6 Å². The molecule has 0 spiro atoms. The Morgan fingerprint density at radius 1 is 1.22 bits per heavy atom. The van der Waals surface area contributed by atoms with Crippen LogP contribution >= 0.6 is 23.4 Å². The van der Waals surface area contributed by atoms with Gasteiger partial charge in [-0.1, -0.05) is 23.7 Å². The number of nitrogens with one attached hydrogen (secondary N) is 1. The number of benzene rings is 2. The summed E-state index contributed by atoms with van der Waals surface area (Å²) in [4.78, 5) is 2.78. The standard InChI is InChI=1S/C18H21ClN2O4S2/c1-13-10-14(24-8-5-9-26-18(20)21-2)12-15(11-13)25-27(22,23)17-7-4-3-6-16(17)19/h3-4,6-7,10-12H,5,8-9H2,1-2H3,(H2,20,21)/p+1. The van der Waals surface area contributed by atoms with Crippen LogP contribution in [0.25, 0.3) is 0 Å². The number of thioether (sulfide) groups is 1. The molecule has 0 atom stereocenters. The predicted octanol–water partition coefficient (Wildman–Crippen LogP) is 1.94. The number of rotatable bonds is 8. The molecule has 0 saturated carbocycles. The van der Waals surface area contributed by atoms with E-state index in [-0.39, 0.29) is 15.7 Å². The van der Waals surface area contributed by atoms with E-state index in [1.165, 1.54) is 23.9 Å². The Hall–Kier alpha value is -1.90. The minimum Gasteiger partial charge on any atom is -0.493 e. The van der Waals surface area contributed by atoms with E-state index in [2.05, 4.69) is 4.99 Å². The summed E-state index contributed by atoms with van der Waals surface area (Å²) < 4.78 is 35.9. The fraction of sp³-hybridized carbons (Fsp3) is 0.278. The van der Waals surface area contributed by atoms with Gasteiger partial charge in [0.05, 0.1) is 18.7 Å². The topological polar surface area (TPSA) is 92.6 Å². The molecule has 0 bridgehead atoms. The van der Waals surface area contributed by atoms with Crippen molar-refractivity contribution in [1.82, 2.24) is 0 Å². The van der Waals surface area contributed by atoms with Crippen LogP contribution in [0.3, 0.4) is 0 Å². The smallest absolute Gasteiger partial charge is 0.340 e. The second-order valence-corrected chi connectivity index (χ2v) is 8.67. The van der Waals surface area contributed by atoms with Crippen molar-refractivity contribution in [3.63, 3.8) is 0 Å². The molecule has 146 valence electrons. The molecular weight excluding hydrogens is 408 g/mol. The molecule has 6 nitrogen and oxygen atoms in total. The van der Waals surface area contributed by atoms with Gasteiger partial charge in [0.1, 0.15) is 16.4 Å². The lowest BCUT2D eigenvalue weighted by Crippen LogP contribution is -2.69. The number of amidine groups is 1. The van der Waals surface area contributed by atoms with Crippen LogP contribution in [0.1, 0.15) is 12.0 Å². The number of hydrogen-bond donors (Lipinski definition) is 2. The molecule has 0 unspecified atom stereocenters. The molecular formula is C18H22ClN2O4S2+. The van der Waals surface area contributed by atoms with E-state index in [9.17, 15) is 8.42 Å². The van der Waals surface area contributed by atoms with Gasteiger partial charge in [-0.15, -0.1) is 0 Å². The number of ether oxygens (including phenoxy) is 1. The van der Waals surface area contributed by atoms with Gasteiger partial charge in [0.2, 0.25) is 0 Å². The monoisotopic (exact) mass is 429 g/mol. The fourth-order valence-electron chi connectivity index (χ4n) is 2.17. The molecule has 0 aliphatic heterocycles. The second kappa shape index (κ2) is 9.87. The van der Waals surface area contributed by atoms with E-state index in [4.69, 9.17) is 26.3 Å². The third kappa shape index (κ3) is 6.64. The summed E-state index contributed by atoms with van der Waals surface area (Å²) in [6, 6.07) is 11.1. The summed E-state index contributed by atoms with van der Waals surface area (Å²) in [5.74, 6) is 1.52. The lowest BCUT2D eigenvalue weighted by atomic mass is 10.2. The van der Waals surface area contributed by atoms with E-state index in [0.29, 0.717) is 17.5 Å². The number of nitrogens with two attached hydrogens (primary N) is 1. The van der Waals surface area contributed by atoms with Gasteiger partial charge in [0, 0.05) is 11.8 Å². The summed E-state index contributed by atoms with van der Waals surface area (Å²) in [6.45, 7) is 2.31. The molecule has 0 aliphatic rings. The van der Waals surface area contributed by atoms with Crippen molar-refractivity contribution in [2.75, 3.05) is 19.4 Å². The molecule has 0 heterocycles. The first-order valence-electron chi connectivity index (χ1n) is 8.18. The van der Waals surface area contributed by atoms with E-state index in [0.717, 1.165) is 17.7 Å². The van der Waals surface area contributed by atoms with Crippen LogP contribution in [-0.2, 0) is 10.1 Å². The van der Waals surface area contributed by atoms with E-state index in [1.54, 1.807) is 31.3 Å². The molecule has 9 heteroatoms. The summed E-state index contributed by atoms with van der Waals surface area (Å²) in [5, 5.41) is 0.766. The Bertz CT molecular complexity index is 917. The van der Waals surface area contributed by atoms with Crippen LogP contribution in [-0.4, -0.2) is 33.0 Å². The highest BCUT2D eigenvalue weighted by molar-refractivity contribution is 8.13. The van der Waals surface area contributed by atoms with Crippen LogP contribution in [0.4, 0.5) is 0 Å². The minimum absolute atomic E-state index is 0.0777. The van der Waals surface area contributed by atoms with Crippen molar-refractivity contribution in [3.8, 4) is 11.5 Å². The van der Waals surface area contributed by atoms with Gasteiger partial charge in [0.25, 0.3) is 0 Å². The summed E-state index contributed by atoms with van der Waals surface area (Å²) >= 11 is 7.48. The molecule has 0 aromatic heterocycles. The molecule has 2 aromatic carbocycles. The van der Waals surface area contributed by atoms with Crippen LogP contribution in [0, 0.1) is 6.92 Å². The lowest BCUT2D eigenvalue weighted by molar-refractivity contribution is -0.417. The van der Waals surface area contributed by atoms with Gasteiger partial charge in [-0.2, -0.15) is 8.42 Å². The van der Waals surface area contributed by atoms with Crippen LogP contribution in [0.2, 0.25) is 5.02 Å². The van der Waals surface area contributed by atoms with Gasteiger partial charge < -0.3 is 8.92 Å². The zero-order chi connectivity index (χ0) is 19.9. The van der Waals surface area contributed by atoms with Gasteiger partial charge in [-0.3, -0.25) is 10.7 Å². The second-order valence-electron chi connectivity index (χ2n) is 5.61. The third-order valence-corrected chi connectivity index (χ3v) is 6.15. The normalized spacial score (nSPS) is 12.0. The van der Waals surface area contributed by atoms with Crippen molar-refractivity contribution in [2.45, 2.75) is 18.2 Å². The first-order chi connectivity index (χ1) is 12.8. The van der Waals surface area contributed by atoms with Gasteiger partial charge in [-0.25, -0.2) is 0 Å². The molecule has 2 aromatic rings. The highest BCUT2D eigenvalue weighted by Crippen LogP contribution is 2.28. The van der Waals surface area contributed by atoms with Gasteiger partial charge >= 0.3 is 15.3 Å². The summed E-state index contributed by atoms with van der Waals surface area (Å²) in [5.41, 5.74) is 6.49. The van der Waals surface area contributed by atoms with Crippen molar-refractivity contribution >= 4 is 38.6 Å². The third-order valence-electron chi connectivity index (χ3n) is 3.40. The van der Waals surface area contributed by atoms with E-state index >= 15 is 0 Å². The Morgan fingerprint density at radius 3 is 2.63 bits per heavy atom. The number of hydrogen-bond acceptors (Lipinski definition) is 5. The average molecular weight is 430 g/mol. The van der Waals surface area contributed by atoms with Crippen molar-refractivity contribution in [1.29, 1.82) is 0 Å². The predicted molar refractivity (Wildman–Crippen MR) is 109 cm³/mol. The summed E-state index contributed by atoms with van der Waals surface area (Å²) in [7, 11) is -2.27. The molecule has 27 heavy (non-hydrogen) atoms. The molecule has 0 amide bonds. The average Bonchev–Trinajstić information content (AvgIpc) is 2.60. The fourth-order valence-corrected chi connectivity index (χ4v) is 4.20. The zero-order valence-electron chi connectivity index (χ0n) is 15.1. The zero-order valence-corrected chi connectivity index (χ0v) is 17.5. The maximum atomic E-state index is 12.5. The first-order valence-corrected chi connectivity index (χ1v) is 11.0.